The number of ketones is 1. The molecule has 1 aliphatic rings. The molecule has 1 heterocycles. The molecule has 0 amide bonds. The Labute approximate surface area is 121 Å². The second-order valence-corrected chi connectivity index (χ2v) is 5.54. The van der Waals surface area contributed by atoms with Crippen molar-refractivity contribution in [2.24, 2.45) is 0 Å². The molecule has 0 saturated carbocycles. The van der Waals surface area contributed by atoms with Crippen LogP contribution in [0.1, 0.15) is 10.4 Å². The van der Waals surface area contributed by atoms with Crippen LogP contribution in [-0.4, -0.2) is 55.4 Å². The monoisotopic (exact) mass is 304 g/mol. The van der Waals surface area contributed by atoms with E-state index in [0.717, 1.165) is 26.2 Å². The fourth-order valence-electron chi connectivity index (χ4n) is 2.07. The summed E-state index contributed by atoms with van der Waals surface area (Å²) in [5, 5.41) is 0.0344. The second-order valence-electron chi connectivity index (χ2n) is 4.72. The van der Waals surface area contributed by atoms with Gasteiger partial charge in [-0.2, -0.15) is 0 Å². The molecule has 0 aliphatic carbocycles. The molecule has 0 spiro atoms. The summed E-state index contributed by atoms with van der Waals surface area (Å²) in [6.07, 6.45) is 0. The van der Waals surface area contributed by atoms with Gasteiger partial charge in [0.1, 0.15) is 0 Å². The lowest BCUT2D eigenvalue weighted by atomic mass is 10.1. The number of halogens is 3. The Bertz CT molecular complexity index is 488. The van der Waals surface area contributed by atoms with Gasteiger partial charge in [0.2, 0.25) is 0 Å². The molecule has 1 aliphatic heterocycles. The van der Waals surface area contributed by atoms with Crippen LogP contribution in [0.25, 0.3) is 0 Å². The van der Waals surface area contributed by atoms with Gasteiger partial charge in [0.15, 0.2) is 11.6 Å². The van der Waals surface area contributed by atoms with E-state index in [2.05, 4.69) is 4.90 Å². The number of Topliss-reactive ketones (excluding diaryl/α,β-unsaturated/α-hetero) is 1. The van der Waals surface area contributed by atoms with Gasteiger partial charge in [0, 0.05) is 26.2 Å². The zero-order chi connectivity index (χ0) is 14.0. The third-order valence-electron chi connectivity index (χ3n) is 3.29. The third-order valence-corrected chi connectivity index (χ3v) is 3.89. The predicted molar refractivity (Wildman–Crippen MR) is 74.7 cm³/mol. The number of rotatable bonds is 3. The highest BCUT2D eigenvalue weighted by molar-refractivity contribution is 6.36. The summed E-state index contributed by atoms with van der Waals surface area (Å²) in [4.78, 5) is 16.3. The Balaban J connectivity index is 2.10. The molecule has 2 rings (SSSR count). The third kappa shape index (κ3) is 3.45. The molecule has 0 aromatic heterocycles. The van der Waals surface area contributed by atoms with Gasteiger partial charge >= 0.3 is 0 Å². The minimum atomic E-state index is -0.728. The van der Waals surface area contributed by atoms with Crippen molar-refractivity contribution in [3.05, 3.63) is 33.6 Å². The maximum atomic E-state index is 13.9. The SMILES string of the molecule is CN1CCN(CC(=O)c2c(Cl)ccc(Cl)c2F)CC1. The van der Waals surface area contributed by atoms with Gasteiger partial charge in [-0.05, 0) is 19.2 Å². The molecule has 0 N–H and O–H groups in total. The number of carbonyl (C=O) groups is 1. The predicted octanol–water partition coefficient (Wildman–Crippen LogP) is 2.56. The normalized spacial score (nSPS) is 17.7. The maximum absolute atomic E-state index is 13.9. The Morgan fingerprint density at radius 2 is 1.79 bits per heavy atom. The summed E-state index contributed by atoms with van der Waals surface area (Å²) in [7, 11) is 2.03. The zero-order valence-electron chi connectivity index (χ0n) is 10.6. The molecule has 6 heteroatoms. The van der Waals surface area contributed by atoms with Gasteiger partial charge in [0.25, 0.3) is 0 Å². The molecule has 0 unspecified atom stereocenters. The number of benzene rings is 1. The lowest BCUT2D eigenvalue weighted by molar-refractivity contribution is 0.0872. The summed E-state index contributed by atoms with van der Waals surface area (Å²) in [6.45, 7) is 3.56. The van der Waals surface area contributed by atoms with E-state index in [4.69, 9.17) is 23.2 Å². The first-order chi connectivity index (χ1) is 8.99. The van der Waals surface area contributed by atoms with Crippen LogP contribution in [0.5, 0.6) is 0 Å². The van der Waals surface area contributed by atoms with E-state index in [1.807, 2.05) is 11.9 Å². The van der Waals surface area contributed by atoms with E-state index in [1.54, 1.807) is 0 Å². The van der Waals surface area contributed by atoms with E-state index in [1.165, 1.54) is 12.1 Å². The van der Waals surface area contributed by atoms with Gasteiger partial charge in [0.05, 0.1) is 22.2 Å². The summed E-state index contributed by atoms with van der Waals surface area (Å²) >= 11 is 11.6. The molecule has 1 aromatic rings. The number of nitrogens with zero attached hydrogens (tertiary/aromatic N) is 2. The van der Waals surface area contributed by atoms with E-state index in [0.29, 0.717) is 0 Å². The highest BCUT2D eigenvalue weighted by Gasteiger charge is 2.22. The molecular formula is C13H15Cl2FN2O. The van der Waals surface area contributed by atoms with Gasteiger partial charge in [-0.25, -0.2) is 4.39 Å². The standard InChI is InChI=1S/C13H15Cl2FN2O/c1-17-4-6-18(7-5-17)8-11(19)12-9(14)2-3-10(15)13(12)16/h2-3H,4-8H2,1H3. The summed E-state index contributed by atoms with van der Waals surface area (Å²) < 4.78 is 13.9. The topological polar surface area (TPSA) is 23.6 Å². The van der Waals surface area contributed by atoms with Crippen molar-refractivity contribution in [3.8, 4) is 0 Å². The first-order valence-electron chi connectivity index (χ1n) is 6.06. The van der Waals surface area contributed by atoms with Crippen molar-refractivity contribution in [2.75, 3.05) is 39.8 Å². The molecule has 3 nitrogen and oxygen atoms in total. The van der Waals surface area contributed by atoms with Crippen LogP contribution in [0, 0.1) is 5.82 Å². The van der Waals surface area contributed by atoms with E-state index >= 15 is 0 Å². The fourth-order valence-corrected chi connectivity index (χ4v) is 2.48. The number of piperazine rings is 1. The summed E-state index contributed by atoms with van der Waals surface area (Å²) in [5.41, 5.74) is -0.104. The molecule has 1 fully saturated rings. The second kappa shape index (κ2) is 6.18. The van der Waals surface area contributed by atoms with Gasteiger partial charge < -0.3 is 4.90 Å². The lowest BCUT2D eigenvalue weighted by Gasteiger charge is -2.31. The Morgan fingerprint density at radius 3 is 2.42 bits per heavy atom. The van der Waals surface area contributed by atoms with Crippen molar-refractivity contribution in [2.45, 2.75) is 0 Å². The number of hydrogen-bond donors (Lipinski definition) is 0. The Morgan fingerprint density at radius 1 is 1.21 bits per heavy atom. The summed E-state index contributed by atoms with van der Waals surface area (Å²) in [6, 6.07) is 2.80. The van der Waals surface area contributed by atoms with Gasteiger partial charge in [-0.1, -0.05) is 23.2 Å². The van der Waals surface area contributed by atoms with Crippen LogP contribution in [0.2, 0.25) is 10.0 Å². The molecular weight excluding hydrogens is 290 g/mol. The minimum absolute atomic E-state index is 0.0777. The van der Waals surface area contributed by atoms with Crippen molar-refractivity contribution in [1.29, 1.82) is 0 Å². The number of likely N-dealkylation sites (N-methyl/N-ethyl adjacent to an activating group) is 1. The minimum Gasteiger partial charge on any atom is -0.304 e. The van der Waals surface area contributed by atoms with Crippen LogP contribution in [0.15, 0.2) is 12.1 Å². The van der Waals surface area contributed by atoms with Gasteiger partial charge in [-0.15, -0.1) is 0 Å². The highest BCUT2D eigenvalue weighted by atomic mass is 35.5. The quantitative estimate of drug-likeness (QED) is 0.633. The van der Waals surface area contributed by atoms with E-state index < -0.39 is 5.82 Å². The average molecular weight is 305 g/mol. The maximum Gasteiger partial charge on any atom is 0.181 e. The van der Waals surface area contributed by atoms with Crippen LogP contribution in [-0.2, 0) is 0 Å². The van der Waals surface area contributed by atoms with Crippen LogP contribution >= 0.6 is 23.2 Å². The largest absolute Gasteiger partial charge is 0.304 e. The Hall–Kier alpha value is -0.680. The molecule has 1 saturated heterocycles. The zero-order valence-corrected chi connectivity index (χ0v) is 12.1. The van der Waals surface area contributed by atoms with E-state index in [-0.39, 0.29) is 27.9 Å². The smallest absolute Gasteiger partial charge is 0.181 e. The van der Waals surface area contributed by atoms with Crippen molar-refractivity contribution < 1.29 is 9.18 Å². The highest BCUT2D eigenvalue weighted by Crippen LogP contribution is 2.26. The van der Waals surface area contributed by atoms with Crippen molar-refractivity contribution in [1.82, 2.24) is 9.80 Å². The lowest BCUT2D eigenvalue weighted by Crippen LogP contribution is -2.46. The molecule has 0 bridgehead atoms. The number of hydrogen-bond acceptors (Lipinski definition) is 3. The first kappa shape index (κ1) is 14.7. The molecule has 19 heavy (non-hydrogen) atoms. The van der Waals surface area contributed by atoms with Crippen LogP contribution in [0.4, 0.5) is 4.39 Å². The van der Waals surface area contributed by atoms with Crippen molar-refractivity contribution >= 4 is 29.0 Å². The summed E-state index contributed by atoms with van der Waals surface area (Å²) in [5.74, 6) is -1.05. The molecule has 104 valence electrons. The molecule has 0 radical (unpaired) electrons. The van der Waals surface area contributed by atoms with Crippen LogP contribution < -0.4 is 0 Å². The van der Waals surface area contributed by atoms with Gasteiger partial charge in [-0.3, -0.25) is 9.69 Å². The molecule has 0 atom stereocenters. The molecule has 1 aromatic carbocycles. The van der Waals surface area contributed by atoms with Crippen LogP contribution in [0.3, 0.4) is 0 Å². The average Bonchev–Trinajstić information content (AvgIpc) is 2.37. The fraction of sp³-hybridized carbons (Fsp3) is 0.462. The van der Waals surface area contributed by atoms with E-state index in [9.17, 15) is 9.18 Å². The Kier molecular flexibility index (Phi) is 4.79. The van der Waals surface area contributed by atoms with Crippen molar-refractivity contribution in [3.63, 3.8) is 0 Å². The number of carbonyl (C=O) groups excluding carboxylic acids is 1. The first-order valence-corrected chi connectivity index (χ1v) is 6.82.